The van der Waals surface area contributed by atoms with Crippen LogP contribution >= 0.6 is 0 Å². The molecular formula is C7H14N2. The van der Waals surface area contributed by atoms with Gasteiger partial charge in [-0.3, -0.25) is 0 Å². The molecule has 2 heteroatoms. The molecule has 0 radical (unpaired) electrons. The third-order valence-corrected chi connectivity index (χ3v) is 3.25. The summed E-state index contributed by atoms with van der Waals surface area (Å²) in [6.45, 7) is 0.894. The van der Waals surface area contributed by atoms with Gasteiger partial charge in [0, 0.05) is 11.0 Å². The van der Waals surface area contributed by atoms with Gasteiger partial charge in [-0.25, -0.2) is 0 Å². The zero-order chi connectivity index (χ0) is 6.70. The van der Waals surface area contributed by atoms with Crippen molar-refractivity contribution in [2.75, 3.05) is 20.6 Å². The van der Waals surface area contributed by atoms with E-state index in [-0.39, 0.29) is 0 Å². The highest BCUT2D eigenvalue weighted by Crippen LogP contribution is 2.80. The molecule has 0 aromatic carbocycles. The van der Waals surface area contributed by atoms with Gasteiger partial charge in [-0.2, -0.15) is 0 Å². The number of rotatable bonds is 2. The van der Waals surface area contributed by atoms with Gasteiger partial charge in [0.05, 0.1) is 0 Å². The fourth-order valence-corrected chi connectivity index (χ4v) is 2.10. The maximum atomic E-state index is 5.61. The number of hydrogen-bond donors (Lipinski definition) is 1. The molecule has 2 nitrogen and oxygen atoms in total. The second-order valence-electron chi connectivity index (χ2n) is 3.76. The van der Waals surface area contributed by atoms with Crippen molar-refractivity contribution in [1.29, 1.82) is 0 Å². The molecule has 2 saturated carbocycles. The van der Waals surface area contributed by atoms with Crippen LogP contribution in [0.25, 0.3) is 0 Å². The minimum absolute atomic E-state index is 0.571. The van der Waals surface area contributed by atoms with Crippen LogP contribution in [0.15, 0.2) is 0 Å². The topological polar surface area (TPSA) is 29.3 Å². The lowest BCUT2D eigenvalue weighted by Gasteiger charge is -2.11. The van der Waals surface area contributed by atoms with E-state index in [2.05, 4.69) is 19.0 Å². The number of fused-ring (bicyclic) bond motifs is 1. The van der Waals surface area contributed by atoms with E-state index in [0.717, 1.165) is 6.54 Å². The zero-order valence-electron chi connectivity index (χ0n) is 6.15. The molecule has 0 bridgehead atoms. The molecule has 2 aliphatic rings. The van der Waals surface area contributed by atoms with Gasteiger partial charge >= 0.3 is 0 Å². The molecule has 2 N–H and O–H groups in total. The second-order valence-corrected chi connectivity index (χ2v) is 3.76. The monoisotopic (exact) mass is 126 g/mol. The van der Waals surface area contributed by atoms with Crippen molar-refractivity contribution in [3.05, 3.63) is 0 Å². The maximum Gasteiger partial charge on any atom is 0.0286 e. The Morgan fingerprint density at radius 1 is 1.44 bits per heavy atom. The van der Waals surface area contributed by atoms with Crippen LogP contribution in [-0.2, 0) is 0 Å². The molecule has 0 spiro atoms. The van der Waals surface area contributed by atoms with E-state index in [0.29, 0.717) is 11.0 Å². The number of nitrogens with two attached hydrogens (primary N) is 1. The molecule has 0 saturated heterocycles. The van der Waals surface area contributed by atoms with E-state index in [1.165, 1.54) is 12.8 Å². The molecule has 0 amide bonds. The summed E-state index contributed by atoms with van der Waals surface area (Å²) < 4.78 is 0. The predicted octanol–water partition coefficient (Wildman–Crippen LogP) is 0.0393. The number of hydrogen-bond acceptors (Lipinski definition) is 2. The highest BCUT2D eigenvalue weighted by molar-refractivity contribution is 5.38. The maximum absolute atomic E-state index is 5.61. The molecule has 2 aliphatic carbocycles. The van der Waals surface area contributed by atoms with Crippen LogP contribution in [0.5, 0.6) is 0 Å². The van der Waals surface area contributed by atoms with Gasteiger partial charge in [0.2, 0.25) is 0 Å². The molecule has 9 heavy (non-hydrogen) atoms. The third kappa shape index (κ3) is 0.413. The van der Waals surface area contributed by atoms with Gasteiger partial charge < -0.3 is 10.6 Å². The van der Waals surface area contributed by atoms with E-state index in [1.807, 2.05) is 0 Å². The molecule has 2 rings (SSSR count). The standard InChI is InChI=1S/C7H14N2/c1-9(2)7-3-6(7,4-7)5-8/h3-5,8H2,1-2H3. The minimum Gasteiger partial charge on any atom is -0.330 e. The van der Waals surface area contributed by atoms with E-state index in [1.54, 1.807) is 0 Å². The van der Waals surface area contributed by atoms with E-state index < -0.39 is 0 Å². The fourth-order valence-electron chi connectivity index (χ4n) is 2.10. The molecule has 0 aromatic heterocycles. The Hall–Kier alpha value is -0.0800. The summed E-state index contributed by atoms with van der Waals surface area (Å²) >= 11 is 0. The van der Waals surface area contributed by atoms with Crippen LogP contribution in [0.4, 0.5) is 0 Å². The predicted molar refractivity (Wildman–Crippen MR) is 37.1 cm³/mol. The highest BCUT2D eigenvalue weighted by atomic mass is 15.3. The lowest BCUT2D eigenvalue weighted by Crippen LogP contribution is -2.21. The Kier molecular flexibility index (Phi) is 0.746. The largest absolute Gasteiger partial charge is 0.330 e. The fraction of sp³-hybridized carbons (Fsp3) is 1.00. The first-order valence-corrected chi connectivity index (χ1v) is 3.54. The summed E-state index contributed by atoms with van der Waals surface area (Å²) in [6.07, 6.45) is 2.70. The Balaban J connectivity index is 2.06. The lowest BCUT2D eigenvalue weighted by molar-refractivity contribution is 0.333. The Labute approximate surface area is 56.0 Å². The number of nitrogens with zero attached hydrogens (tertiary/aromatic N) is 1. The van der Waals surface area contributed by atoms with Gasteiger partial charge in [-0.1, -0.05) is 0 Å². The summed E-state index contributed by atoms with van der Waals surface area (Å²) in [5.41, 5.74) is 6.76. The average molecular weight is 126 g/mol. The van der Waals surface area contributed by atoms with E-state index in [4.69, 9.17) is 5.73 Å². The van der Waals surface area contributed by atoms with Gasteiger partial charge in [0.1, 0.15) is 0 Å². The first-order valence-electron chi connectivity index (χ1n) is 3.54. The van der Waals surface area contributed by atoms with Crippen LogP contribution in [0.2, 0.25) is 0 Å². The Bertz CT molecular complexity index is 145. The van der Waals surface area contributed by atoms with Crippen molar-refractivity contribution in [3.63, 3.8) is 0 Å². The highest BCUT2D eigenvalue weighted by Gasteiger charge is 2.83. The van der Waals surface area contributed by atoms with Crippen molar-refractivity contribution in [1.82, 2.24) is 4.90 Å². The van der Waals surface area contributed by atoms with Gasteiger partial charge in [0.25, 0.3) is 0 Å². The lowest BCUT2D eigenvalue weighted by atomic mass is 10.2. The first kappa shape index (κ1) is 5.69. The van der Waals surface area contributed by atoms with Gasteiger partial charge in [-0.05, 0) is 33.5 Å². The van der Waals surface area contributed by atoms with Crippen LogP contribution in [0.3, 0.4) is 0 Å². The second kappa shape index (κ2) is 1.18. The molecule has 52 valence electrons. The van der Waals surface area contributed by atoms with Crippen molar-refractivity contribution in [2.45, 2.75) is 18.4 Å². The van der Waals surface area contributed by atoms with Crippen molar-refractivity contribution < 1.29 is 0 Å². The molecule has 2 fully saturated rings. The molecule has 0 aliphatic heterocycles. The van der Waals surface area contributed by atoms with Crippen molar-refractivity contribution in [3.8, 4) is 0 Å². The molecule has 0 unspecified atom stereocenters. The molecule has 0 atom stereocenters. The smallest absolute Gasteiger partial charge is 0.0286 e. The van der Waals surface area contributed by atoms with Gasteiger partial charge in [0.15, 0.2) is 0 Å². The van der Waals surface area contributed by atoms with Crippen LogP contribution in [-0.4, -0.2) is 31.1 Å². The quantitative estimate of drug-likeness (QED) is 0.566. The van der Waals surface area contributed by atoms with Crippen LogP contribution < -0.4 is 5.73 Å². The normalized spacial score (nSPS) is 53.3. The summed E-state index contributed by atoms with van der Waals surface area (Å²) in [6, 6.07) is 0. The summed E-state index contributed by atoms with van der Waals surface area (Å²) in [5.74, 6) is 0. The van der Waals surface area contributed by atoms with Crippen molar-refractivity contribution >= 4 is 0 Å². The zero-order valence-corrected chi connectivity index (χ0v) is 6.15. The third-order valence-electron chi connectivity index (χ3n) is 3.25. The van der Waals surface area contributed by atoms with Crippen molar-refractivity contribution in [2.24, 2.45) is 11.1 Å². The Morgan fingerprint density at radius 2 is 2.00 bits per heavy atom. The van der Waals surface area contributed by atoms with Crippen LogP contribution in [0.1, 0.15) is 12.8 Å². The summed E-state index contributed by atoms with van der Waals surface area (Å²) in [4.78, 5) is 2.33. The van der Waals surface area contributed by atoms with Crippen LogP contribution in [0, 0.1) is 5.41 Å². The molecular weight excluding hydrogens is 112 g/mol. The SMILES string of the molecule is CN(C)C12CC1(CN)C2. The van der Waals surface area contributed by atoms with Gasteiger partial charge in [-0.15, -0.1) is 0 Å². The van der Waals surface area contributed by atoms with E-state index in [9.17, 15) is 0 Å². The molecule has 0 aromatic rings. The first-order chi connectivity index (χ1) is 4.17. The minimum atomic E-state index is 0.571. The summed E-state index contributed by atoms with van der Waals surface area (Å²) in [5, 5.41) is 0. The molecule has 0 heterocycles. The summed E-state index contributed by atoms with van der Waals surface area (Å²) in [7, 11) is 4.31. The Morgan fingerprint density at radius 3 is 2.11 bits per heavy atom. The average Bonchev–Trinajstić information content (AvgIpc) is 2.45. The van der Waals surface area contributed by atoms with E-state index >= 15 is 0 Å².